The minimum atomic E-state index is -0.193. The largest absolute Gasteiger partial charge is 0.343 e. The van der Waals surface area contributed by atoms with Crippen molar-refractivity contribution in [3.63, 3.8) is 0 Å². The molecule has 4 rings (SSSR count). The molecule has 0 atom stereocenters. The Hall–Kier alpha value is -2.93. The summed E-state index contributed by atoms with van der Waals surface area (Å²) in [5, 5.41) is 5.85. The Labute approximate surface area is 182 Å². The van der Waals surface area contributed by atoms with Gasteiger partial charge in [0, 0.05) is 49.5 Å². The van der Waals surface area contributed by atoms with Crippen LogP contribution in [0.4, 0.5) is 0 Å². The summed E-state index contributed by atoms with van der Waals surface area (Å²) < 4.78 is 3.48. The number of carbonyl (C=O) groups is 1. The van der Waals surface area contributed by atoms with E-state index in [1.54, 1.807) is 6.20 Å². The minimum Gasteiger partial charge on any atom is -0.343 e. The maximum atomic E-state index is 13.2. The van der Waals surface area contributed by atoms with E-state index in [0.717, 1.165) is 36.4 Å². The minimum absolute atomic E-state index is 0.0114. The molecule has 0 aliphatic carbocycles. The summed E-state index contributed by atoms with van der Waals surface area (Å²) in [5.74, 6) is -0.0434. The summed E-state index contributed by atoms with van der Waals surface area (Å²) in [5.41, 5.74) is 4.15. The number of benzene rings is 1. The molecule has 1 amide bonds. The number of piperazine rings is 1. The Morgan fingerprint density at radius 2 is 1.68 bits per heavy atom. The van der Waals surface area contributed by atoms with Gasteiger partial charge in [-0.05, 0) is 32.9 Å². The van der Waals surface area contributed by atoms with Gasteiger partial charge in [0.1, 0.15) is 6.54 Å². The molecular formula is C24H31N5O2. The quantitative estimate of drug-likeness (QED) is 0.634. The van der Waals surface area contributed by atoms with Gasteiger partial charge in [-0.1, -0.05) is 36.8 Å². The first kappa shape index (κ1) is 21.3. The second-order valence-electron chi connectivity index (χ2n) is 8.45. The lowest BCUT2D eigenvalue weighted by Crippen LogP contribution is -2.49. The lowest BCUT2D eigenvalue weighted by molar-refractivity contribution is -0.133. The summed E-state index contributed by atoms with van der Waals surface area (Å²) in [6.45, 7) is 13.0. The van der Waals surface area contributed by atoms with Gasteiger partial charge in [0.05, 0.1) is 11.6 Å². The van der Waals surface area contributed by atoms with E-state index in [1.165, 1.54) is 15.8 Å². The SMILES string of the molecule is CCN1CCN(C(=O)Cn2ncc3c(C)n(Cc4ccc(C)cc4)c(C)c3c2=O)CC1. The van der Waals surface area contributed by atoms with Crippen molar-refractivity contribution in [3.05, 3.63) is 63.3 Å². The molecule has 0 unspecified atom stereocenters. The molecule has 3 aromatic rings. The van der Waals surface area contributed by atoms with Crippen LogP contribution in [-0.4, -0.2) is 62.8 Å². The van der Waals surface area contributed by atoms with Gasteiger partial charge < -0.3 is 14.4 Å². The number of aromatic nitrogens is 3. The van der Waals surface area contributed by atoms with Gasteiger partial charge in [-0.2, -0.15) is 5.10 Å². The molecule has 164 valence electrons. The number of hydrogen-bond acceptors (Lipinski definition) is 4. The van der Waals surface area contributed by atoms with Gasteiger partial charge in [-0.15, -0.1) is 0 Å². The van der Waals surface area contributed by atoms with Gasteiger partial charge in [0.15, 0.2) is 0 Å². The molecule has 0 spiro atoms. The van der Waals surface area contributed by atoms with E-state index in [9.17, 15) is 9.59 Å². The van der Waals surface area contributed by atoms with Crippen LogP contribution in [0.1, 0.15) is 29.4 Å². The smallest absolute Gasteiger partial charge is 0.276 e. The number of carbonyl (C=O) groups excluding carboxylic acids is 1. The van der Waals surface area contributed by atoms with Crippen LogP contribution in [0.15, 0.2) is 35.3 Å². The molecule has 1 fully saturated rings. The zero-order valence-corrected chi connectivity index (χ0v) is 18.9. The van der Waals surface area contributed by atoms with Crippen molar-refractivity contribution in [2.45, 2.75) is 40.8 Å². The van der Waals surface area contributed by atoms with Crippen LogP contribution in [-0.2, 0) is 17.9 Å². The topological polar surface area (TPSA) is 63.4 Å². The van der Waals surface area contributed by atoms with Gasteiger partial charge in [-0.3, -0.25) is 9.59 Å². The number of hydrogen-bond donors (Lipinski definition) is 0. The van der Waals surface area contributed by atoms with E-state index in [4.69, 9.17) is 0 Å². The fraction of sp³-hybridized carbons (Fsp3) is 0.458. The van der Waals surface area contributed by atoms with E-state index in [0.29, 0.717) is 25.0 Å². The molecule has 1 aliphatic rings. The molecule has 7 heteroatoms. The van der Waals surface area contributed by atoms with Crippen molar-refractivity contribution < 1.29 is 4.79 Å². The normalized spacial score (nSPS) is 15.0. The van der Waals surface area contributed by atoms with E-state index in [1.807, 2.05) is 18.7 Å². The summed E-state index contributed by atoms with van der Waals surface area (Å²) in [4.78, 5) is 30.2. The van der Waals surface area contributed by atoms with Crippen LogP contribution in [0.5, 0.6) is 0 Å². The Bertz CT molecular complexity index is 1150. The van der Waals surface area contributed by atoms with Crippen LogP contribution in [0, 0.1) is 20.8 Å². The highest BCUT2D eigenvalue weighted by molar-refractivity contribution is 5.87. The average Bonchev–Trinajstić information content (AvgIpc) is 3.02. The molecule has 0 saturated carbocycles. The number of rotatable bonds is 5. The zero-order valence-electron chi connectivity index (χ0n) is 18.9. The number of amides is 1. The van der Waals surface area contributed by atoms with E-state index < -0.39 is 0 Å². The maximum absolute atomic E-state index is 13.2. The fourth-order valence-corrected chi connectivity index (χ4v) is 4.41. The zero-order chi connectivity index (χ0) is 22.1. The van der Waals surface area contributed by atoms with Gasteiger partial charge in [0.25, 0.3) is 5.56 Å². The average molecular weight is 422 g/mol. The van der Waals surface area contributed by atoms with E-state index in [2.05, 4.69) is 52.7 Å². The lowest BCUT2D eigenvalue weighted by atomic mass is 10.1. The van der Waals surface area contributed by atoms with Crippen molar-refractivity contribution in [2.75, 3.05) is 32.7 Å². The van der Waals surface area contributed by atoms with E-state index in [-0.39, 0.29) is 18.0 Å². The molecule has 3 heterocycles. The van der Waals surface area contributed by atoms with E-state index >= 15 is 0 Å². The Balaban J connectivity index is 1.60. The van der Waals surface area contributed by atoms with Crippen LogP contribution in [0.25, 0.3) is 10.8 Å². The number of aryl methyl sites for hydroxylation is 3. The second-order valence-corrected chi connectivity index (χ2v) is 8.45. The van der Waals surface area contributed by atoms with Gasteiger partial charge in [0.2, 0.25) is 5.91 Å². The van der Waals surface area contributed by atoms with Gasteiger partial charge >= 0.3 is 0 Å². The number of nitrogens with zero attached hydrogens (tertiary/aromatic N) is 5. The predicted octanol–water partition coefficient (Wildman–Crippen LogP) is 2.34. The molecule has 31 heavy (non-hydrogen) atoms. The third-order valence-electron chi connectivity index (χ3n) is 6.52. The molecule has 2 aromatic heterocycles. The first-order valence-electron chi connectivity index (χ1n) is 11.0. The lowest BCUT2D eigenvalue weighted by Gasteiger charge is -2.34. The predicted molar refractivity (Wildman–Crippen MR) is 122 cm³/mol. The number of fused-ring (bicyclic) bond motifs is 1. The van der Waals surface area contributed by atoms with Crippen molar-refractivity contribution in [1.82, 2.24) is 24.1 Å². The Kier molecular flexibility index (Phi) is 5.96. The Morgan fingerprint density at radius 3 is 2.32 bits per heavy atom. The van der Waals surface area contributed by atoms with Crippen molar-refractivity contribution in [2.24, 2.45) is 0 Å². The summed E-state index contributed by atoms with van der Waals surface area (Å²) in [6, 6.07) is 8.44. The van der Waals surface area contributed by atoms with Crippen molar-refractivity contribution in [1.29, 1.82) is 0 Å². The highest BCUT2D eigenvalue weighted by Crippen LogP contribution is 2.23. The highest BCUT2D eigenvalue weighted by atomic mass is 16.2. The van der Waals surface area contributed by atoms with Crippen LogP contribution < -0.4 is 5.56 Å². The third kappa shape index (κ3) is 4.14. The molecular weight excluding hydrogens is 390 g/mol. The Morgan fingerprint density at radius 1 is 1.00 bits per heavy atom. The number of likely N-dealkylation sites (N-methyl/N-ethyl adjacent to an activating group) is 1. The van der Waals surface area contributed by atoms with Crippen LogP contribution in [0.3, 0.4) is 0 Å². The van der Waals surface area contributed by atoms with Crippen molar-refractivity contribution in [3.8, 4) is 0 Å². The van der Waals surface area contributed by atoms with Crippen LogP contribution >= 0.6 is 0 Å². The second kappa shape index (κ2) is 8.67. The standard InChI is InChI=1S/C24H31N5O2/c1-5-26-10-12-27(13-11-26)22(30)16-29-24(31)23-19(4)28(18(3)21(23)14-25-29)15-20-8-6-17(2)7-9-20/h6-9,14H,5,10-13,15-16H2,1-4H3. The van der Waals surface area contributed by atoms with Crippen LogP contribution in [0.2, 0.25) is 0 Å². The molecule has 1 aliphatic heterocycles. The summed E-state index contributed by atoms with van der Waals surface area (Å²) in [6.07, 6.45) is 1.73. The van der Waals surface area contributed by atoms with Crippen molar-refractivity contribution >= 4 is 16.7 Å². The third-order valence-corrected chi connectivity index (χ3v) is 6.52. The molecule has 1 saturated heterocycles. The molecule has 0 radical (unpaired) electrons. The molecule has 7 nitrogen and oxygen atoms in total. The molecule has 0 bridgehead atoms. The molecule has 0 N–H and O–H groups in total. The molecule has 1 aromatic carbocycles. The summed E-state index contributed by atoms with van der Waals surface area (Å²) in [7, 11) is 0. The first-order chi connectivity index (χ1) is 14.9. The van der Waals surface area contributed by atoms with Gasteiger partial charge in [-0.25, -0.2) is 4.68 Å². The summed E-state index contributed by atoms with van der Waals surface area (Å²) >= 11 is 0. The highest BCUT2D eigenvalue weighted by Gasteiger charge is 2.22. The fourth-order valence-electron chi connectivity index (χ4n) is 4.41. The monoisotopic (exact) mass is 421 g/mol. The first-order valence-corrected chi connectivity index (χ1v) is 11.0. The maximum Gasteiger partial charge on any atom is 0.276 e.